The molecular formula is C28H27BrN4O3. The van der Waals surface area contributed by atoms with Crippen LogP contribution in [0.2, 0.25) is 0 Å². The van der Waals surface area contributed by atoms with E-state index >= 15 is 0 Å². The van der Waals surface area contributed by atoms with E-state index in [9.17, 15) is 9.59 Å². The minimum atomic E-state index is -0.749. The summed E-state index contributed by atoms with van der Waals surface area (Å²) in [6.07, 6.45) is 0.350. The second kappa shape index (κ2) is 11.7. The number of aromatic nitrogens is 2. The first-order valence-electron chi connectivity index (χ1n) is 11.5. The molecule has 0 spiro atoms. The average molecular weight is 547 g/mol. The van der Waals surface area contributed by atoms with Crippen LogP contribution in [0, 0.1) is 0 Å². The van der Waals surface area contributed by atoms with E-state index in [0.29, 0.717) is 24.4 Å². The molecule has 4 rings (SSSR count). The van der Waals surface area contributed by atoms with Gasteiger partial charge in [0.2, 0.25) is 5.91 Å². The average Bonchev–Trinajstić information content (AvgIpc) is 3.32. The summed E-state index contributed by atoms with van der Waals surface area (Å²) in [5.41, 5.74) is 3.81. The Hall–Kier alpha value is -3.91. The van der Waals surface area contributed by atoms with Crippen molar-refractivity contribution in [2.45, 2.75) is 19.0 Å². The van der Waals surface area contributed by atoms with Gasteiger partial charge in [-0.2, -0.15) is 5.10 Å². The van der Waals surface area contributed by atoms with Crippen molar-refractivity contribution in [3.8, 4) is 17.0 Å². The molecule has 7 nitrogen and oxygen atoms in total. The third kappa shape index (κ3) is 6.20. The molecular weight excluding hydrogens is 520 g/mol. The second-order valence-electron chi connectivity index (χ2n) is 8.26. The molecule has 3 aromatic carbocycles. The summed E-state index contributed by atoms with van der Waals surface area (Å²) in [6, 6.07) is 26.0. The van der Waals surface area contributed by atoms with Crippen LogP contribution in [0.5, 0.6) is 5.75 Å². The Kier molecular flexibility index (Phi) is 8.17. The standard InChI is InChI=1S/C28H27BrN4O3/c1-30-27(34)25(16-20-9-6-10-22(29)15-20)31-28(35)26-17-24(21-11-13-23(36-2)14-12-21)32-33(26)18-19-7-4-3-5-8-19/h3-15,17,25H,16,18H2,1-2H3,(H,30,34)(H,31,35). The fourth-order valence-electron chi connectivity index (χ4n) is 3.89. The molecule has 2 N–H and O–H groups in total. The van der Waals surface area contributed by atoms with Gasteiger partial charge in [-0.25, -0.2) is 0 Å². The van der Waals surface area contributed by atoms with E-state index in [0.717, 1.165) is 26.9 Å². The number of benzene rings is 3. The Morgan fingerprint density at radius 3 is 2.36 bits per heavy atom. The Bertz CT molecular complexity index is 1340. The summed E-state index contributed by atoms with van der Waals surface area (Å²) in [6.45, 7) is 0.413. The lowest BCUT2D eigenvalue weighted by Gasteiger charge is -2.18. The first-order valence-corrected chi connectivity index (χ1v) is 12.3. The van der Waals surface area contributed by atoms with E-state index in [2.05, 4.69) is 26.6 Å². The Morgan fingerprint density at radius 1 is 0.972 bits per heavy atom. The molecule has 2 amide bonds. The Morgan fingerprint density at radius 2 is 1.69 bits per heavy atom. The van der Waals surface area contributed by atoms with Crippen molar-refractivity contribution in [2.75, 3.05) is 14.2 Å². The molecule has 0 saturated heterocycles. The maximum atomic E-state index is 13.5. The summed E-state index contributed by atoms with van der Waals surface area (Å²) in [7, 11) is 3.17. The fourth-order valence-corrected chi connectivity index (χ4v) is 4.34. The minimum absolute atomic E-state index is 0.271. The Labute approximate surface area is 218 Å². The van der Waals surface area contributed by atoms with Crippen LogP contribution in [0.15, 0.2) is 89.4 Å². The van der Waals surface area contributed by atoms with Crippen LogP contribution < -0.4 is 15.4 Å². The van der Waals surface area contributed by atoms with Crippen molar-refractivity contribution in [2.24, 2.45) is 0 Å². The smallest absolute Gasteiger partial charge is 0.270 e. The molecule has 0 saturated carbocycles. The molecule has 1 heterocycles. The fraction of sp³-hybridized carbons (Fsp3) is 0.179. The summed E-state index contributed by atoms with van der Waals surface area (Å²) >= 11 is 3.46. The maximum Gasteiger partial charge on any atom is 0.270 e. The number of nitrogens with zero attached hydrogens (tertiary/aromatic N) is 2. The van der Waals surface area contributed by atoms with Crippen LogP contribution in [0.1, 0.15) is 21.6 Å². The molecule has 1 unspecified atom stereocenters. The second-order valence-corrected chi connectivity index (χ2v) is 9.18. The van der Waals surface area contributed by atoms with Crippen LogP contribution >= 0.6 is 15.9 Å². The molecule has 4 aromatic rings. The zero-order valence-electron chi connectivity index (χ0n) is 20.1. The number of hydrogen-bond acceptors (Lipinski definition) is 4. The molecule has 0 aliphatic rings. The topological polar surface area (TPSA) is 85.2 Å². The molecule has 0 aliphatic heterocycles. The number of methoxy groups -OCH3 is 1. The van der Waals surface area contributed by atoms with Gasteiger partial charge in [-0.05, 0) is 53.6 Å². The summed E-state index contributed by atoms with van der Waals surface area (Å²) < 4.78 is 7.83. The summed E-state index contributed by atoms with van der Waals surface area (Å²) in [4.78, 5) is 26.2. The number of rotatable bonds is 9. The van der Waals surface area contributed by atoms with Crippen LogP contribution in [0.25, 0.3) is 11.3 Å². The van der Waals surface area contributed by atoms with Gasteiger partial charge in [0.25, 0.3) is 5.91 Å². The Balaban J connectivity index is 1.65. The van der Waals surface area contributed by atoms with Gasteiger partial charge in [0, 0.05) is 23.5 Å². The highest BCUT2D eigenvalue weighted by Crippen LogP contribution is 2.23. The molecule has 184 valence electrons. The number of halogens is 1. The number of likely N-dealkylation sites (N-methyl/N-ethyl adjacent to an activating group) is 1. The van der Waals surface area contributed by atoms with Gasteiger partial charge < -0.3 is 15.4 Å². The van der Waals surface area contributed by atoms with Crippen molar-refractivity contribution in [1.29, 1.82) is 0 Å². The lowest BCUT2D eigenvalue weighted by molar-refractivity contribution is -0.122. The predicted octanol–water partition coefficient (Wildman–Crippen LogP) is 4.46. The molecule has 0 aliphatic carbocycles. The molecule has 0 radical (unpaired) electrons. The van der Waals surface area contributed by atoms with Gasteiger partial charge in [0.05, 0.1) is 19.3 Å². The van der Waals surface area contributed by atoms with Crippen molar-refractivity contribution < 1.29 is 14.3 Å². The van der Waals surface area contributed by atoms with Crippen molar-refractivity contribution in [3.63, 3.8) is 0 Å². The largest absolute Gasteiger partial charge is 0.497 e. The molecule has 0 bridgehead atoms. The number of ether oxygens (including phenoxy) is 1. The van der Waals surface area contributed by atoms with Crippen LogP contribution in [-0.4, -0.2) is 41.8 Å². The number of amides is 2. The van der Waals surface area contributed by atoms with E-state index in [1.54, 1.807) is 24.9 Å². The van der Waals surface area contributed by atoms with Crippen LogP contribution in [0.4, 0.5) is 0 Å². The number of carbonyl (C=O) groups is 2. The molecule has 0 fully saturated rings. The maximum absolute atomic E-state index is 13.5. The van der Waals surface area contributed by atoms with Gasteiger partial charge >= 0.3 is 0 Å². The highest BCUT2D eigenvalue weighted by molar-refractivity contribution is 9.10. The highest BCUT2D eigenvalue weighted by Gasteiger charge is 2.24. The zero-order chi connectivity index (χ0) is 25.5. The SMILES string of the molecule is CNC(=O)C(Cc1cccc(Br)c1)NC(=O)c1cc(-c2ccc(OC)cc2)nn1Cc1ccccc1. The van der Waals surface area contributed by atoms with Crippen molar-refractivity contribution >= 4 is 27.7 Å². The molecule has 1 atom stereocenters. The number of hydrogen-bond donors (Lipinski definition) is 2. The van der Waals surface area contributed by atoms with Gasteiger partial charge in [0.15, 0.2) is 0 Å². The van der Waals surface area contributed by atoms with Crippen molar-refractivity contribution in [3.05, 3.63) is 106 Å². The normalized spacial score (nSPS) is 11.5. The van der Waals surface area contributed by atoms with E-state index in [1.165, 1.54) is 0 Å². The van der Waals surface area contributed by atoms with Crippen molar-refractivity contribution in [1.82, 2.24) is 20.4 Å². The zero-order valence-corrected chi connectivity index (χ0v) is 21.7. The van der Waals surface area contributed by atoms with Crippen LogP contribution in [0.3, 0.4) is 0 Å². The molecule has 1 aromatic heterocycles. The first kappa shape index (κ1) is 25.2. The number of carbonyl (C=O) groups excluding carboxylic acids is 2. The minimum Gasteiger partial charge on any atom is -0.497 e. The van der Waals surface area contributed by atoms with Gasteiger partial charge in [-0.3, -0.25) is 14.3 Å². The highest BCUT2D eigenvalue weighted by atomic mass is 79.9. The third-order valence-electron chi connectivity index (χ3n) is 5.77. The van der Waals surface area contributed by atoms with Gasteiger partial charge in [0.1, 0.15) is 17.5 Å². The van der Waals surface area contributed by atoms with Gasteiger partial charge in [-0.1, -0.05) is 58.4 Å². The van der Waals surface area contributed by atoms with Gasteiger partial charge in [-0.15, -0.1) is 0 Å². The monoisotopic (exact) mass is 546 g/mol. The van der Waals surface area contributed by atoms with Crippen LogP contribution in [-0.2, 0) is 17.8 Å². The summed E-state index contributed by atoms with van der Waals surface area (Å²) in [5.74, 6) is 0.0935. The lowest BCUT2D eigenvalue weighted by Crippen LogP contribution is -2.47. The summed E-state index contributed by atoms with van der Waals surface area (Å²) in [5, 5.41) is 10.3. The quantitative estimate of drug-likeness (QED) is 0.324. The molecule has 36 heavy (non-hydrogen) atoms. The first-order chi connectivity index (χ1) is 17.5. The third-order valence-corrected chi connectivity index (χ3v) is 6.26. The predicted molar refractivity (Wildman–Crippen MR) is 143 cm³/mol. The van der Waals surface area contributed by atoms with E-state index < -0.39 is 6.04 Å². The van der Waals surface area contributed by atoms with E-state index in [1.807, 2.05) is 78.9 Å². The molecule has 8 heteroatoms. The van der Waals surface area contributed by atoms with E-state index in [4.69, 9.17) is 9.84 Å². The lowest BCUT2D eigenvalue weighted by atomic mass is 10.0. The number of nitrogens with one attached hydrogen (secondary N) is 2. The van der Waals surface area contributed by atoms with E-state index in [-0.39, 0.29) is 11.8 Å².